The Morgan fingerprint density at radius 3 is 1.25 bits per heavy atom. The fraction of sp³-hybridized carbons (Fsp3) is 1.00. The first-order valence-electron chi connectivity index (χ1n) is 0.365. The summed E-state index contributed by atoms with van der Waals surface area (Å²) >= 11 is -0.250. The Labute approximate surface area is 29.9 Å². The summed E-state index contributed by atoms with van der Waals surface area (Å²) in [6.07, 6.45) is 0. The molecule has 3 heteroatoms. The highest BCUT2D eigenvalue weighted by atomic mass is 32.2. The molecule has 2 N–H and O–H groups in total. The second kappa shape index (κ2) is 10.4. The Bertz CT molecular complexity index is 6.00. The molecule has 0 aliphatic carbocycles. The molecule has 0 saturated heterocycles. The minimum atomic E-state index is -0.250. The highest BCUT2D eigenvalue weighted by Crippen LogP contribution is 1.67. The summed E-state index contributed by atoms with van der Waals surface area (Å²) in [5.41, 5.74) is 0. The lowest BCUT2D eigenvalue weighted by molar-refractivity contribution is 0.541. The van der Waals surface area contributed by atoms with Crippen LogP contribution in [0.5, 0.6) is 0 Å². The highest BCUT2D eigenvalue weighted by molar-refractivity contribution is 7.87. The van der Waals surface area contributed by atoms with Gasteiger partial charge < -0.3 is 9.11 Å². The van der Waals surface area contributed by atoms with E-state index in [0.717, 1.165) is 0 Å². The van der Waals surface area contributed by atoms with E-state index in [4.69, 9.17) is 9.11 Å². The van der Waals surface area contributed by atoms with Crippen molar-refractivity contribution in [1.82, 2.24) is 0 Å². The van der Waals surface area contributed by atoms with Crippen LogP contribution in [0.4, 0.5) is 0 Å². The molecule has 0 heterocycles. The van der Waals surface area contributed by atoms with Crippen LogP contribution in [-0.2, 0) is 0 Å². The Kier molecular flexibility index (Phi) is 23.1. The zero-order valence-corrected chi connectivity index (χ0v) is 2.12. The lowest BCUT2D eigenvalue weighted by atomic mass is 12.0. The Morgan fingerprint density at radius 1 is 1.25 bits per heavy atom. The van der Waals surface area contributed by atoms with Crippen molar-refractivity contribution >= 4 is 12.3 Å². The summed E-state index contributed by atoms with van der Waals surface area (Å²) in [6.45, 7) is 0. The maximum atomic E-state index is 7.04. The molecule has 0 spiro atoms. The molecule has 0 aliphatic heterocycles. The van der Waals surface area contributed by atoms with E-state index < -0.39 is 0 Å². The van der Waals surface area contributed by atoms with Gasteiger partial charge >= 0.3 is 0 Å². The molecule has 0 atom stereocenters. The zero-order chi connectivity index (χ0) is 2.71. The molecule has 28 valence electrons. The quantitative estimate of drug-likeness (QED) is 0.433. The fourth-order valence-corrected chi connectivity index (χ4v) is 0. The molecule has 0 bridgehead atoms. The van der Waals surface area contributed by atoms with E-state index in [1.165, 1.54) is 0 Å². The first kappa shape index (κ1) is 8.86. The first-order chi connectivity index (χ1) is 1.41. The van der Waals surface area contributed by atoms with Crippen LogP contribution in [-0.4, -0.2) is 9.11 Å². The third kappa shape index (κ3) is 50.2. The summed E-state index contributed by atoms with van der Waals surface area (Å²) in [7, 11) is 0. The van der Waals surface area contributed by atoms with Crippen LogP contribution in [0, 0.1) is 0 Å². The molecule has 0 aromatic carbocycles. The van der Waals surface area contributed by atoms with Crippen LogP contribution in [0.2, 0.25) is 0 Å². The van der Waals surface area contributed by atoms with Gasteiger partial charge in [-0.1, -0.05) is 7.43 Å². The summed E-state index contributed by atoms with van der Waals surface area (Å²) in [6, 6.07) is 0. The van der Waals surface area contributed by atoms with Crippen molar-refractivity contribution in [2.24, 2.45) is 0 Å². The molecule has 2 nitrogen and oxygen atoms in total. The van der Waals surface area contributed by atoms with Gasteiger partial charge in [0.1, 0.15) is 0 Å². The molecule has 0 fully saturated rings. The number of hydrogen-bond donors (Lipinski definition) is 2. The van der Waals surface area contributed by atoms with Gasteiger partial charge in [0.05, 0.1) is 0 Å². The Morgan fingerprint density at radius 2 is 1.25 bits per heavy atom. The molecule has 0 aromatic rings. The maximum Gasteiger partial charge on any atom is 0.152 e. The van der Waals surface area contributed by atoms with Crippen molar-refractivity contribution < 1.29 is 9.11 Å². The fourth-order valence-electron chi connectivity index (χ4n) is 0. The van der Waals surface area contributed by atoms with Gasteiger partial charge in [-0.2, -0.15) is 0 Å². The molecule has 4 heavy (non-hydrogen) atoms. The van der Waals surface area contributed by atoms with Gasteiger partial charge in [-0.25, -0.2) is 0 Å². The summed E-state index contributed by atoms with van der Waals surface area (Å²) in [5.74, 6) is 0. The van der Waals surface area contributed by atoms with Gasteiger partial charge in [-0.05, 0) is 0 Å². The van der Waals surface area contributed by atoms with E-state index in [0.29, 0.717) is 0 Å². The topological polar surface area (TPSA) is 40.5 Å². The first-order valence-corrected chi connectivity index (χ1v) is 1.10. The van der Waals surface area contributed by atoms with E-state index in [9.17, 15) is 0 Å². The standard InChI is InChI=1S/CH4.H2O2S/c;1-3-2/h1H4;1-2H. The minimum Gasteiger partial charge on any atom is -0.307 e. The lowest BCUT2D eigenvalue weighted by Crippen LogP contribution is -1.31. The molecule has 0 radical (unpaired) electrons. The van der Waals surface area contributed by atoms with Crippen molar-refractivity contribution in [2.75, 3.05) is 0 Å². The minimum absolute atomic E-state index is 0. The molecular formula is CH6O2S. The lowest BCUT2D eigenvalue weighted by Gasteiger charge is -1.51. The second-order valence-electron chi connectivity index (χ2n) is 0.0816. The van der Waals surface area contributed by atoms with E-state index in [1.807, 2.05) is 0 Å². The van der Waals surface area contributed by atoms with Gasteiger partial charge in [0, 0.05) is 0 Å². The van der Waals surface area contributed by atoms with Crippen LogP contribution in [0.25, 0.3) is 0 Å². The van der Waals surface area contributed by atoms with Crippen LogP contribution in [0.1, 0.15) is 7.43 Å². The van der Waals surface area contributed by atoms with Gasteiger partial charge in [-0.3, -0.25) is 0 Å². The average Bonchev–Trinajstić information content (AvgIpc) is 0.918. The van der Waals surface area contributed by atoms with Gasteiger partial charge in [0.25, 0.3) is 0 Å². The van der Waals surface area contributed by atoms with Crippen LogP contribution >= 0.6 is 12.3 Å². The largest absolute Gasteiger partial charge is 0.307 e. The predicted molar refractivity (Wildman–Crippen MR) is 19.6 cm³/mol. The SMILES string of the molecule is C.OSO. The molecule has 0 saturated carbocycles. The molecule has 0 rings (SSSR count). The van der Waals surface area contributed by atoms with Crippen molar-refractivity contribution in [2.45, 2.75) is 7.43 Å². The zero-order valence-electron chi connectivity index (χ0n) is 1.30. The molecule has 0 amide bonds. The smallest absolute Gasteiger partial charge is 0.152 e. The second-order valence-corrected chi connectivity index (χ2v) is 0.245. The van der Waals surface area contributed by atoms with Crippen LogP contribution in [0.15, 0.2) is 0 Å². The van der Waals surface area contributed by atoms with Gasteiger partial charge in [0.15, 0.2) is 12.3 Å². The van der Waals surface area contributed by atoms with Crippen LogP contribution < -0.4 is 0 Å². The summed E-state index contributed by atoms with van der Waals surface area (Å²) < 4.78 is 14.1. The molecule has 0 aliphatic rings. The Hall–Kier alpha value is 0.270. The van der Waals surface area contributed by atoms with Crippen molar-refractivity contribution in [3.05, 3.63) is 0 Å². The normalized spacial score (nSPS) is 4.50. The number of rotatable bonds is 0. The monoisotopic (exact) mass is 82.0 g/mol. The van der Waals surface area contributed by atoms with Crippen molar-refractivity contribution in [3.63, 3.8) is 0 Å². The van der Waals surface area contributed by atoms with E-state index in [2.05, 4.69) is 0 Å². The molecular weight excluding hydrogens is 76.1 g/mol. The van der Waals surface area contributed by atoms with Crippen LogP contribution in [0.3, 0.4) is 0 Å². The van der Waals surface area contributed by atoms with Gasteiger partial charge in [0.2, 0.25) is 0 Å². The van der Waals surface area contributed by atoms with E-state index in [-0.39, 0.29) is 19.8 Å². The Balaban J connectivity index is 0. The summed E-state index contributed by atoms with van der Waals surface area (Å²) in [4.78, 5) is 0. The molecule has 0 unspecified atom stereocenters. The van der Waals surface area contributed by atoms with E-state index in [1.54, 1.807) is 0 Å². The molecule has 0 aromatic heterocycles. The third-order valence-corrected chi connectivity index (χ3v) is 0. The summed E-state index contributed by atoms with van der Waals surface area (Å²) in [5, 5.41) is 0. The third-order valence-electron chi connectivity index (χ3n) is 0. The van der Waals surface area contributed by atoms with E-state index >= 15 is 0 Å². The predicted octanol–water partition coefficient (Wildman–Crippen LogP) is 1.30. The average molecular weight is 82.1 g/mol. The number of hydrogen-bond acceptors (Lipinski definition) is 3. The van der Waals surface area contributed by atoms with Crippen molar-refractivity contribution in [3.8, 4) is 0 Å². The highest BCUT2D eigenvalue weighted by Gasteiger charge is 1.36. The van der Waals surface area contributed by atoms with Crippen molar-refractivity contribution in [1.29, 1.82) is 0 Å². The van der Waals surface area contributed by atoms with Gasteiger partial charge in [-0.15, -0.1) is 0 Å². The maximum absolute atomic E-state index is 7.04.